The summed E-state index contributed by atoms with van der Waals surface area (Å²) in [4.78, 5) is 15.7. The third-order valence-corrected chi connectivity index (χ3v) is 3.85. The molecule has 4 rings (SSSR count). The number of carboxylic acids is 1. The van der Waals surface area contributed by atoms with E-state index in [1.807, 2.05) is 30.3 Å². The number of benzene rings is 1. The lowest BCUT2D eigenvalue weighted by atomic mass is 10.1. The maximum absolute atomic E-state index is 11.4. The average molecular weight is 316 g/mol. The normalized spacial score (nSPS) is 13.8. The summed E-state index contributed by atoms with van der Waals surface area (Å²) in [6.07, 6.45) is 5.24. The maximum atomic E-state index is 11.4. The molecule has 0 saturated heterocycles. The molecule has 1 aliphatic carbocycles. The first-order valence-electron chi connectivity index (χ1n) is 6.91. The second-order valence-corrected chi connectivity index (χ2v) is 5.28. The molecule has 0 aliphatic heterocycles. The van der Waals surface area contributed by atoms with Crippen LogP contribution >= 0.6 is 12.4 Å². The predicted octanol–water partition coefficient (Wildman–Crippen LogP) is 3.42. The number of nitrogens with zero attached hydrogens (tertiary/aromatic N) is 3. The van der Waals surface area contributed by atoms with Gasteiger partial charge in [-0.1, -0.05) is 6.07 Å². The molecule has 112 valence electrons. The summed E-state index contributed by atoms with van der Waals surface area (Å²) < 4.78 is 1.77. The summed E-state index contributed by atoms with van der Waals surface area (Å²) in [7, 11) is 0. The smallest absolute Gasteiger partial charge is 0.339 e. The molecule has 0 unspecified atom stereocenters. The van der Waals surface area contributed by atoms with E-state index in [1.54, 1.807) is 10.9 Å². The quantitative estimate of drug-likeness (QED) is 0.804. The fourth-order valence-electron chi connectivity index (χ4n) is 2.74. The monoisotopic (exact) mass is 315 g/mol. The van der Waals surface area contributed by atoms with Crippen LogP contribution in [0.25, 0.3) is 16.6 Å². The van der Waals surface area contributed by atoms with E-state index in [0.29, 0.717) is 11.5 Å². The molecule has 3 aromatic rings. The van der Waals surface area contributed by atoms with Crippen LogP contribution in [-0.4, -0.2) is 25.8 Å². The molecule has 0 amide bonds. The van der Waals surface area contributed by atoms with Crippen LogP contribution in [0.15, 0.2) is 42.7 Å². The first-order valence-corrected chi connectivity index (χ1v) is 6.91. The zero-order valence-electron chi connectivity index (χ0n) is 11.6. The molecule has 6 heteroatoms. The van der Waals surface area contributed by atoms with Gasteiger partial charge in [-0.3, -0.25) is 4.98 Å². The van der Waals surface area contributed by atoms with Crippen molar-refractivity contribution in [2.24, 2.45) is 0 Å². The van der Waals surface area contributed by atoms with Crippen LogP contribution in [-0.2, 0) is 0 Å². The minimum Gasteiger partial charge on any atom is -0.478 e. The molecule has 1 saturated carbocycles. The highest BCUT2D eigenvalue weighted by Crippen LogP contribution is 2.42. The largest absolute Gasteiger partial charge is 0.478 e. The van der Waals surface area contributed by atoms with E-state index in [1.165, 1.54) is 6.20 Å². The average Bonchev–Trinajstić information content (AvgIpc) is 3.25. The summed E-state index contributed by atoms with van der Waals surface area (Å²) in [5.74, 6) is -0.618. The number of carbonyl (C=O) groups is 1. The molecular weight excluding hydrogens is 302 g/mol. The Balaban J connectivity index is 0.00000144. The van der Waals surface area contributed by atoms with E-state index >= 15 is 0 Å². The third kappa shape index (κ3) is 2.23. The van der Waals surface area contributed by atoms with Gasteiger partial charge in [-0.25, -0.2) is 9.48 Å². The number of fused-ring (bicyclic) bond motifs is 1. The summed E-state index contributed by atoms with van der Waals surface area (Å²) in [6.45, 7) is 0. The molecule has 0 atom stereocenters. The molecule has 1 N–H and O–H groups in total. The van der Waals surface area contributed by atoms with Gasteiger partial charge < -0.3 is 5.11 Å². The number of aromatic nitrogens is 3. The third-order valence-electron chi connectivity index (χ3n) is 3.85. The molecule has 0 spiro atoms. The Morgan fingerprint density at radius 2 is 2.05 bits per heavy atom. The summed E-state index contributed by atoms with van der Waals surface area (Å²) in [5.41, 5.74) is 2.87. The molecule has 5 nitrogen and oxygen atoms in total. The van der Waals surface area contributed by atoms with Gasteiger partial charge in [0.2, 0.25) is 0 Å². The molecule has 22 heavy (non-hydrogen) atoms. The Morgan fingerprint density at radius 1 is 1.23 bits per heavy atom. The molecular formula is C16H14ClN3O2. The minimum absolute atomic E-state index is 0. The van der Waals surface area contributed by atoms with Gasteiger partial charge in [0.05, 0.1) is 23.1 Å². The maximum Gasteiger partial charge on any atom is 0.339 e. The number of rotatable bonds is 3. The van der Waals surface area contributed by atoms with Crippen LogP contribution in [0.5, 0.6) is 0 Å². The highest BCUT2D eigenvalue weighted by atomic mass is 35.5. The van der Waals surface area contributed by atoms with E-state index in [-0.39, 0.29) is 12.4 Å². The standard InChI is InChI=1S/C16H13N3O2.ClH/c20-16(21)12-9-18-19(15(12)10-6-7-10)14-5-1-4-13-11(14)3-2-8-17-13;/h1-5,8-10H,6-7H2,(H,20,21);1H. The lowest BCUT2D eigenvalue weighted by Gasteiger charge is -2.10. The summed E-state index contributed by atoms with van der Waals surface area (Å²) >= 11 is 0. The van der Waals surface area contributed by atoms with Crippen molar-refractivity contribution in [1.82, 2.24) is 14.8 Å². The number of aromatic carboxylic acids is 1. The number of hydrogen-bond donors (Lipinski definition) is 1. The lowest BCUT2D eigenvalue weighted by Crippen LogP contribution is -2.06. The fourth-order valence-corrected chi connectivity index (χ4v) is 2.74. The van der Waals surface area contributed by atoms with Crippen molar-refractivity contribution in [3.05, 3.63) is 54.0 Å². The van der Waals surface area contributed by atoms with Crippen molar-refractivity contribution in [3.8, 4) is 5.69 Å². The zero-order chi connectivity index (χ0) is 14.4. The van der Waals surface area contributed by atoms with Crippen molar-refractivity contribution in [1.29, 1.82) is 0 Å². The molecule has 0 bridgehead atoms. The van der Waals surface area contributed by atoms with Gasteiger partial charge in [-0.15, -0.1) is 12.4 Å². The van der Waals surface area contributed by atoms with Crippen LogP contribution in [0.2, 0.25) is 0 Å². The van der Waals surface area contributed by atoms with Crippen LogP contribution in [0.4, 0.5) is 0 Å². The van der Waals surface area contributed by atoms with E-state index < -0.39 is 5.97 Å². The zero-order valence-corrected chi connectivity index (χ0v) is 12.5. The number of hydrogen-bond acceptors (Lipinski definition) is 3. The van der Waals surface area contributed by atoms with Crippen molar-refractivity contribution in [3.63, 3.8) is 0 Å². The van der Waals surface area contributed by atoms with E-state index in [9.17, 15) is 9.90 Å². The number of halogens is 1. The Bertz CT molecular complexity index is 850. The minimum atomic E-state index is -0.915. The second kappa shape index (κ2) is 5.42. The van der Waals surface area contributed by atoms with Gasteiger partial charge in [0, 0.05) is 17.5 Å². The van der Waals surface area contributed by atoms with Crippen molar-refractivity contribution >= 4 is 29.3 Å². The number of pyridine rings is 1. The van der Waals surface area contributed by atoms with Crippen molar-refractivity contribution in [2.45, 2.75) is 18.8 Å². The molecule has 0 radical (unpaired) electrons. The Hall–Kier alpha value is -2.40. The fraction of sp³-hybridized carbons (Fsp3) is 0.188. The number of carboxylic acid groups (broad SMARTS) is 1. The summed E-state index contributed by atoms with van der Waals surface area (Å²) in [6, 6.07) is 9.68. The predicted molar refractivity (Wildman–Crippen MR) is 85.0 cm³/mol. The van der Waals surface area contributed by atoms with Crippen LogP contribution in [0.1, 0.15) is 34.8 Å². The van der Waals surface area contributed by atoms with Crippen LogP contribution in [0, 0.1) is 0 Å². The Labute approximate surface area is 133 Å². The van der Waals surface area contributed by atoms with Gasteiger partial charge in [0.15, 0.2) is 0 Å². The van der Waals surface area contributed by atoms with E-state index in [0.717, 1.165) is 35.1 Å². The van der Waals surface area contributed by atoms with Crippen molar-refractivity contribution < 1.29 is 9.90 Å². The second-order valence-electron chi connectivity index (χ2n) is 5.28. The van der Waals surface area contributed by atoms with Crippen LogP contribution in [0.3, 0.4) is 0 Å². The molecule has 1 aliphatic rings. The SMILES string of the molecule is Cl.O=C(O)c1cnn(-c2cccc3ncccc23)c1C1CC1. The van der Waals surface area contributed by atoms with Gasteiger partial charge >= 0.3 is 5.97 Å². The highest BCUT2D eigenvalue weighted by Gasteiger charge is 2.33. The Kier molecular flexibility index (Phi) is 3.58. The molecule has 1 aromatic carbocycles. The van der Waals surface area contributed by atoms with Gasteiger partial charge in [-0.05, 0) is 37.1 Å². The topological polar surface area (TPSA) is 68.0 Å². The molecule has 1 fully saturated rings. The van der Waals surface area contributed by atoms with E-state index in [2.05, 4.69) is 10.1 Å². The lowest BCUT2D eigenvalue weighted by molar-refractivity contribution is 0.0695. The first kappa shape index (κ1) is 14.5. The molecule has 2 aromatic heterocycles. The molecule has 2 heterocycles. The van der Waals surface area contributed by atoms with E-state index in [4.69, 9.17) is 0 Å². The Morgan fingerprint density at radius 3 is 2.77 bits per heavy atom. The van der Waals surface area contributed by atoms with Gasteiger partial charge in [-0.2, -0.15) is 5.10 Å². The summed E-state index contributed by atoms with van der Waals surface area (Å²) in [5, 5.41) is 14.7. The van der Waals surface area contributed by atoms with Crippen molar-refractivity contribution in [2.75, 3.05) is 0 Å². The van der Waals surface area contributed by atoms with Gasteiger partial charge in [0.1, 0.15) is 5.56 Å². The highest BCUT2D eigenvalue weighted by molar-refractivity contribution is 5.91. The first-order chi connectivity index (χ1) is 10.3. The van der Waals surface area contributed by atoms with Crippen LogP contribution < -0.4 is 0 Å². The van der Waals surface area contributed by atoms with Gasteiger partial charge in [0.25, 0.3) is 0 Å².